The smallest absolute Gasteiger partial charge is 0.137 e. The van der Waals surface area contributed by atoms with Crippen molar-refractivity contribution >= 4 is 6.29 Å². The van der Waals surface area contributed by atoms with Crippen LogP contribution in [0.3, 0.4) is 0 Å². The summed E-state index contributed by atoms with van der Waals surface area (Å²) >= 11 is 0. The Morgan fingerprint density at radius 2 is 2.15 bits per heavy atom. The van der Waals surface area contributed by atoms with Gasteiger partial charge in [0.15, 0.2) is 0 Å². The third-order valence-corrected chi connectivity index (χ3v) is 1.82. The fourth-order valence-electron chi connectivity index (χ4n) is 1.18. The standard InChI is InChI=1S/C10H13NO2/c11-10(7-13)5-8-2-1-3-9(4-8)6-12/h1-4,7,10,12H,5-6,11H2. The van der Waals surface area contributed by atoms with Crippen LogP contribution in [0.25, 0.3) is 0 Å². The Morgan fingerprint density at radius 1 is 1.46 bits per heavy atom. The monoisotopic (exact) mass is 179 g/mol. The third kappa shape index (κ3) is 2.97. The van der Waals surface area contributed by atoms with Gasteiger partial charge in [0, 0.05) is 0 Å². The zero-order valence-electron chi connectivity index (χ0n) is 7.31. The Hall–Kier alpha value is -1.19. The number of benzene rings is 1. The second-order valence-corrected chi connectivity index (χ2v) is 2.98. The van der Waals surface area contributed by atoms with Crippen molar-refractivity contribution in [2.45, 2.75) is 19.1 Å². The molecule has 13 heavy (non-hydrogen) atoms. The van der Waals surface area contributed by atoms with Crippen LogP contribution in [-0.4, -0.2) is 17.4 Å². The third-order valence-electron chi connectivity index (χ3n) is 1.82. The topological polar surface area (TPSA) is 63.3 Å². The number of hydrogen-bond donors (Lipinski definition) is 2. The molecule has 0 bridgehead atoms. The Labute approximate surface area is 77.2 Å². The Morgan fingerprint density at radius 3 is 2.77 bits per heavy atom. The Bertz CT molecular complexity index is 286. The van der Waals surface area contributed by atoms with Gasteiger partial charge in [-0.05, 0) is 17.5 Å². The van der Waals surface area contributed by atoms with Gasteiger partial charge in [0.25, 0.3) is 0 Å². The number of rotatable bonds is 4. The van der Waals surface area contributed by atoms with Crippen LogP contribution in [0.1, 0.15) is 11.1 Å². The molecule has 0 aromatic heterocycles. The zero-order chi connectivity index (χ0) is 9.68. The van der Waals surface area contributed by atoms with Crippen molar-refractivity contribution in [3.63, 3.8) is 0 Å². The molecule has 3 nitrogen and oxygen atoms in total. The quantitative estimate of drug-likeness (QED) is 0.651. The molecule has 0 saturated carbocycles. The summed E-state index contributed by atoms with van der Waals surface area (Å²) in [7, 11) is 0. The lowest BCUT2D eigenvalue weighted by atomic mass is 10.1. The van der Waals surface area contributed by atoms with Gasteiger partial charge in [-0.2, -0.15) is 0 Å². The van der Waals surface area contributed by atoms with E-state index in [1.54, 1.807) is 0 Å². The average Bonchev–Trinajstić information content (AvgIpc) is 2.18. The summed E-state index contributed by atoms with van der Waals surface area (Å²) in [5, 5.41) is 8.85. The SMILES string of the molecule is NC(C=O)Cc1cccc(CO)c1. The molecule has 0 aliphatic carbocycles. The average molecular weight is 179 g/mol. The molecule has 1 aromatic rings. The van der Waals surface area contributed by atoms with E-state index in [1.165, 1.54) is 0 Å². The van der Waals surface area contributed by atoms with E-state index in [0.29, 0.717) is 6.42 Å². The highest BCUT2D eigenvalue weighted by atomic mass is 16.3. The van der Waals surface area contributed by atoms with Crippen molar-refractivity contribution in [2.75, 3.05) is 0 Å². The molecule has 0 amide bonds. The van der Waals surface area contributed by atoms with Gasteiger partial charge >= 0.3 is 0 Å². The number of carbonyl (C=O) groups excluding carboxylic acids is 1. The maximum Gasteiger partial charge on any atom is 0.137 e. The van der Waals surface area contributed by atoms with Crippen LogP contribution in [0.2, 0.25) is 0 Å². The lowest BCUT2D eigenvalue weighted by Gasteiger charge is -2.05. The first-order chi connectivity index (χ1) is 6.26. The van der Waals surface area contributed by atoms with Crippen molar-refractivity contribution in [1.29, 1.82) is 0 Å². The van der Waals surface area contributed by atoms with Gasteiger partial charge in [-0.25, -0.2) is 0 Å². The van der Waals surface area contributed by atoms with Crippen molar-refractivity contribution in [2.24, 2.45) is 5.73 Å². The van der Waals surface area contributed by atoms with Crippen molar-refractivity contribution in [3.8, 4) is 0 Å². The fourth-order valence-corrected chi connectivity index (χ4v) is 1.18. The van der Waals surface area contributed by atoms with E-state index in [0.717, 1.165) is 17.4 Å². The number of aliphatic hydroxyl groups is 1. The molecular weight excluding hydrogens is 166 g/mol. The number of nitrogens with two attached hydrogens (primary N) is 1. The molecule has 3 heteroatoms. The molecule has 3 N–H and O–H groups in total. The van der Waals surface area contributed by atoms with Gasteiger partial charge in [0.05, 0.1) is 12.6 Å². The molecule has 0 aliphatic rings. The molecule has 1 unspecified atom stereocenters. The van der Waals surface area contributed by atoms with Gasteiger partial charge in [-0.3, -0.25) is 0 Å². The summed E-state index contributed by atoms with van der Waals surface area (Å²) in [4.78, 5) is 10.3. The first kappa shape index (κ1) is 9.89. The first-order valence-corrected chi connectivity index (χ1v) is 4.16. The van der Waals surface area contributed by atoms with E-state index in [2.05, 4.69) is 0 Å². The lowest BCUT2D eigenvalue weighted by molar-refractivity contribution is -0.108. The maximum absolute atomic E-state index is 10.3. The van der Waals surface area contributed by atoms with Crippen molar-refractivity contribution in [1.82, 2.24) is 0 Å². The molecule has 0 heterocycles. The highest BCUT2D eigenvalue weighted by Crippen LogP contribution is 2.06. The van der Waals surface area contributed by atoms with E-state index in [1.807, 2.05) is 24.3 Å². The number of hydrogen-bond acceptors (Lipinski definition) is 3. The van der Waals surface area contributed by atoms with Crippen LogP contribution in [0.5, 0.6) is 0 Å². The molecular formula is C10H13NO2. The molecule has 0 radical (unpaired) electrons. The highest BCUT2D eigenvalue weighted by molar-refractivity contribution is 5.57. The van der Waals surface area contributed by atoms with Crippen molar-refractivity contribution < 1.29 is 9.90 Å². The summed E-state index contributed by atoms with van der Waals surface area (Å²) in [5.74, 6) is 0. The number of aliphatic hydroxyl groups excluding tert-OH is 1. The Kier molecular flexibility index (Phi) is 3.61. The molecule has 1 atom stereocenters. The summed E-state index contributed by atoms with van der Waals surface area (Å²) in [6.07, 6.45) is 1.25. The van der Waals surface area contributed by atoms with Gasteiger partial charge in [0.1, 0.15) is 6.29 Å². The predicted octanol–water partition coefficient (Wildman–Crippen LogP) is 0.248. The van der Waals surface area contributed by atoms with E-state index in [9.17, 15) is 4.79 Å². The fraction of sp³-hybridized carbons (Fsp3) is 0.300. The first-order valence-electron chi connectivity index (χ1n) is 4.16. The molecule has 0 aliphatic heterocycles. The lowest BCUT2D eigenvalue weighted by Crippen LogP contribution is -2.24. The Balaban J connectivity index is 2.71. The minimum absolute atomic E-state index is 0.0180. The highest BCUT2D eigenvalue weighted by Gasteiger charge is 2.01. The normalized spacial score (nSPS) is 12.5. The van der Waals surface area contributed by atoms with Gasteiger partial charge in [-0.1, -0.05) is 24.3 Å². The number of carbonyl (C=O) groups is 1. The molecule has 0 fully saturated rings. The van der Waals surface area contributed by atoms with Gasteiger partial charge < -0.3 is 15.6 Å². The van der Waals surface area contributed by atoms with E-state index in [-0.39, 0.29) is 6.61 Å². The molecule has 0 spiro atoms. The van der Waals surface area contributed by atoms with Crippen LogP contribution in [-0.2, 0) is 17.8 Å². The van der Waals surface area contributed by atoms with Gasteiger partial charge in [-0.15, -0.1) is 0 Å². The zero-order valence-corrected chi connectivity index (χ0v) is 7.31. The van der Waals surface area contributed by atoms with Crippen LogP contribution in [0.15, 0.2) is 24.3 Å². The number of aldehydes is 1. The summed E-state index contributed by atoms with van der Waals surface area (Å²) in [6, 6.07) is 6.97. The van der Waals surface area contributed by atoms with Crippen LogP contribution in [0.4, 0.5) is 0 Å². The maximum atomic E-state index is 10.3. The van der Waals surface area contributed by atoms with Crippen LogP contribution < -0.4 is 5.73 Å². The predicted molar refractivity (Wildman–Crippen MR) is 50.1 cm³/mol. The minimum atomic E-state index is -0.450. The van der Waals surface area contributed by atoms with E-state index < -0.39 is 6.04 Å². The summed E-state index contributed by atoms with van der Waals surface area (Å²) in [5.41, 5.74) is 7.29. The largest absolute Gasteiger partial charge is 0.392 e. The van der Waals surface area contributed by atoms with E-state index in [4.69, 9.17) is 10.8 Å². The molecule has 0 saturated heterocycles. The summed E-state index contributed by atoms with van der Waals surface area (Å²) < 4.78 is 0. The molecule has 1 rings (SSSR count). The second-order valence-electron chi connectivity index (χ2n) is 2.98. The van der Waals surface area contributed by atoms with Crippen molar-refractivity contribution in [3.05, 3.63) is 35.4 Å². The van der Waals surface area contributed by atoms with E-state index >= 15 is 0 Å². The van der Waals surface area contributed by atoms with Crippen LogP contribution >= 0.6 is 0 Å². The molecule has 70 valence electrons. The minimum Gasteiger partial charge on any atom is -0.392 e. The summed E-state index contributed by atoms with van der Waals surface area (Å²) in [6.45, 7) is 0.0180. The van der Waals surface area contributed by atoms with Crippen LogP contribution in [0, 0.1) is 0 Å². The second kappa shape index (κ2) is 4.74. The molecule has 1 aromatic carbocycles. The van der Waals surface area contributed by atoms with Gasteiger partial charge in [0.2, 0.25) is 0 Å².